The van der Waals surface area contributed by atoms with Crippen molar-refractivity contribution in [1.82, 2.24) is 4.57 Å². The molecule has 0 atom stereocenters. The predicted molar refractivity (Wildman–Crippen MR) is 56.0 cm³/mol. The largest absolute Gasteiger partial charge is 0.350 e. The van der Waals surface area contributed by atoms with Crippen LogP contribution in [-0.2, 0) is 7.05 Å². The molecule has 3 heteroatoms. The summed E-state index contributed by atoms with van der Waals surface area (Å²) in [6.45, 7) is 0. The highest BCUT2D eigenvalue weighted by atomic mass is 79.9. The first-order chi connectivity index (χ1) is 6.22. The molecule has 13 heavy (non-hydrogen) atoms. The van der Waals surface area contributed by atoms with E-state index in [4.69, 9.17) is 0 Å². The van der Waals surface area contributed by atoms with E-state index >= 15 is 0 Å². The Hall–Kier alpha value is -1.09. The quantitative estimate of drug-likeness (QED) is 0.700. The number of hydrogen-bond acceptors (Lipinski definition) is 1. The molecule has 0 saturated carbocycles. The fraction of sp³-hybridized carbons (Fsp3) is 0.100. The Labute approximate surface area is 84.3 Å². The lowest BCUT2D eigenvalue weighted by Crippen LogP contribution is -1.86. The van der Waals surface area contributed by atoms with Gasteiger partial charge in [-0.05, 0) is 18.2 Å². The van der Waals surface area contributed by atoms with Crippen LogP contribution in [-0.4, -0.2) is 10.9 Å². The molecular weight excluding hydrogens is 230 g/mol. The number of aryl methyl sites for hydroxylation is 1. The molecule has 0 bridgehead atoms. The van der Waals surface area contributed by atoms with E-state index < -0.39 is 0 Å². The van der Waals surface area contributed by atoms with Gasteiger partial charge in [0.1, 0.15) is 0 Å². The minimum Gasteiger partial charge on any atom is -0.350 e. The summed E-state index contributed by atoms with van der Waals surface area (Å²) in [4.78, 5) is 10.8. The molecule has 1 aromatic carbocycles. The number of halogens is 1. The first kappa shape index (κ1) is 8.51. The molecule has 0 saturated heterocycles. The molecule has 1 heterocycles. The minimum atomic E-state index is 0.727. The highest BCUT2D eigenvalue weighted by molar-refractivity contribution is 9.10. The third-order valence-electron chi connectivity index (χ3n) is 2.13. The van der Waals surface area contributed by atoms with Crippen LogP contribution >= 0.6 is 15.9 Å². The Morgan fingerprint density at radius 1 is 1.46 bits per heavy atom. The van der Waals surface area contributed by atoms with E-state index in [0.717, 1.165) is 27.2 Å². The second-order valence-corrected chi connectivity index (χ2v) is 3.89. The average molecular weight is 238 g/mol. The summed E-state index contributed by atoms with van der Waals surface area (Å²) in [6.07, 6.45) is 2.83. The van der Waals surface area contributed by atoms with Gasteiger partial charge in [0.25, 0.3) is 0 Å². The zero-order valence-electron chi connectivity index (χ0n) is 7.12. The molecular formula is C10H8BrNO. The van der Waals surface area contributed by atoms with Crippen molar-refractivity contribution in [3.05, 3.63) is 34.4 Å². The lowest BCUT2D eigenvalue weighted by atomic mass is 10.1. The van der Waals surface area contributed by atoms with Crippen molar-refractivity contribution in [2.75, 3.05) is 0 Å². The Kier molecular flexibility index (Phi) is 1.96. The van der Waals surface area contributed by atoms with E-state index in [0.29, 0.717) is 0 Å². The normalized spacial score (nSPS) is 10.6. The maximum Gasteiger partial charge on any atom is 0.150 e. The van der Waals surface area contributed by atoms with Crippen LogP contribution in [0.1, 0.15) is 10.4 Å². The van der Waals surface area contributed by atoms with Gasteiger partial charge in [0.2, 0.25) is 0 Å². The van der Waals surface area contributed by atoms with Gasteiger partial charge in [-0.1, -0.05) is 15.9 Å². The monoisotopic (exact) mass is 237 g/mol. The standard InChI is InChI=1S/C10H8BrNO/c1-12-3-2-9-7(6-13)4-8(11)5-10(9)12/h2-6H,1H3. The molecule has 0 fully saturated rings. The number of hydrogen-bond donors (Lipinski definition) is 0. The van der Waals surface area contributed by atoms with Crippen molar-refractivity contribution in [3.63, 3.8) is 0 Å². The molecule has 0 radical (unpaired) electrons. The SMILES string of the molecule is Cn1ccc2c(C=O)cc(Br)cc21. The summed E-state index contributed by atoms with van der Waals surface area (Å²) in [7, 11) is 1.96. The third-order valence-corrected chi connectivity index (χ3v) is 2.58. The van der Waals surface area contributed by atoms with Crippen LogP contribution in [0.25, 0.3) is 10.9 Å². The predicted octanol–water partition coefficient (Wildman–Crippen LogP) is 2.75. The number of aldehydes is 1. The van der Waals surface area contributed by atoms with Crippen LogP contribution in [0.4, 0.5) is 0 Å². The van der Waals surface area contributed by atoms with Gasteiger partial charge < -0.3 is 4.57 Å². The molecule has 0 unspecified atom stereocenters. The van der Waals surface area contributed by atoms with Crippen LogP contribution in [0.15, 0.2) is 28.9 Å². The molecule has 0 aliphatic rings. The van der Waals surface area contributed by atoms with E-state index in [-0.39, 0.29) is 0 Å². The van der Waals surface area contributed by atoms with Crippen molar-refractivity contribution in [2.24, 2.45) is 7.05 Å². The molecule has 66 valence electrons. The van der Waals surface area contributed by atoms with E-state index in [1.807, 2.05) is 36.0 Å². The topological polar surface area (TPSA) is 22.0 Å². The summed E-state index contributed by atoms with van der Waals surface area (Å²) in [5.74, 6) is 0. The lowest BCUT2D eigenvalue weighted by molar-refractivity contribution is 0.112. The van der Waals surface area contributed by atoms with Gasteiger partial charge in [-0.3, -0.25) is 4.79 Å². The van der Waals surface area contributed by atoms with Gasteiger partial charge in [0.05, 0.1) is 0 Å². The van der Waals surface area contributed by atoms with Gasteiger partial charge >= 0.3 is 0 Å². The molecule has 0 aliphatic heterocycles. The van der Waals surface area contributed by atoms with Gasteiger partial charge in [0.15, 0.2) is 6.29 Å². The van der Waals surface area contributed by atoms with E-state index in [2.05, 4.69) is 15.9 Å². The van der Waals surface area contributed by atoms with Gasteiger partial charge in [-0.2, -0.15) is 0 Å². The van der Waals surface area contributed by atoms with Crippen LogP contribution < -0.4 is 0 Å². The molecule has 2 nitrogen and oxygen atoms in total. The van der Waals surface area contributed by atoms with E-state index in [9.17, 15) is 4.79 Å². The van der Waals surface area contributed by atoms with Crippen molar-refractivity contribution in [3.8, 4) is 0 Å². The lowest BCUT2D eigenvalue weighted by Gasteiger charge is -1.99. The summed E-state index contributed by atoms with van der Waals surface area (Å²) >= 11 is 3.37. The molecule has 0 amide bonds. The van der Waals surface area contributed by atoms with E-state index in [1.54, 1.807) is 0 Å². The molecule has 0 spiro atoms. The number of benzene rings is 1. The van der Waals surface area contributed by atoms with E-state index in [1.165, 1.54) is 0 Å². The number of fused-ring (bicyclic) bond motifs is 1. The molecule has 0 N–H and O–H groups in total. The molecule has 1 aromatic heterocycles. The number of nitrogens with zero attached hydrogens (tertiary/aromatic N) is 1. The highest BCUT2D eigenvalue weighted by Gasteiger charge is 2.04. The number of carbonyl (C=O) groups excluding carboxylic acids is 1. The maximum absolute atomic E-state index is 10.8. The zero-order chi connectivity index (χ0) is 9.42. The fourth-order valence-electron chi connectivity index (χ4n) is 1.46. The Morgan fingerprint density at radius 3 is 2.92 bits per heavy atom. The van der Waals surface area contributed by atoms with Gasteiger partial charge in [-0.25, -0.2) is 0 Å². The Balaban J connectivity index is 2.91. The molecule has 2 rings (SSSR count). The van der Waals surface area contributed by atoms with Crippen LogP contribution in [0, 0.1) is 0 Å². The third kappa shape index (κ3) is 1.29. The second kappa shape index (κ2) is 3.00. The van der Waals surface area contributed by atoms with Crippen molar-refractivity contribution < 1.29 is 4.79 Å². The number of aromatic nitrogens is 1. The Morgan fingerprint density at radius 2 is 2.23 bits per heavy atom. The maximum atomic E-state index is 10.8. The summed E-state index contributed by atoms with van der Waals surface area (Å²) in [5, 5.41) is 1.00. The van der Waals surface area contributed by atoms with Crippen LogP contribution in [0.3, 0.4) is 0 Å². The zero-order valence-corrected chi connectivity index (χ0v) is 8.71. The minimum absolute atomic E-state index is 0.727. The number of rotatable bonds is 1. The summed E-state index contributed by atoms with van der Waals surface area (Å²) in [5.41, 5.74) is 1.79. The van der Waals surface area contributed by atoms with Crippen molar-refractivity contribution in [1.29, 1.82) is 0 Å². The van der Waals surface area contributed by atoms with Crippen molar-refractivity contribution in [2.45, 2.75) is 0 Å². The second-order valence-electron chi connectivity index (χ2n) is 2.97. The smallest absolute Gasteiger partial charge is 0.150 e. The van der Waals surface area contributed by atoms with Crippen LogP contribution in [0.2, 0.25) is 0 Å². The average Bonchev–Trinajstić information content (AvgIpc) is 2.47. The Bertz CT molecular complexity index is 473. The van der Waals surface area contributed by atoms with Crippen LogP contribution in [0.5, 0.6) is 0 Å². The number of carbonyl (C=O) groups is 1. The summed E-state index contributed by atoms with van der Waals surface area (Å²) in [6, 6.07) is 5.78. The van der Waals surface area contributed by atoms with Crippen molar-refractivity contribution >= 4 is 33.1 Å². The van der Waals surface area contributed by atoms with Gasteiger partial charge in [0, 0.05) is 34.2 Å². The van der Waals surface area contributed by atoms with Gasteiger partial charge in [-0.15, -0.1) is 0 Å². The fourth-order valence-corrected chi connectivity index (χ4v) is 1.93. The molecule has 2 aromatic rings. The first-order valence-corrected chi connectivity index (χ1v) is 4.71. The first-order valence-electron chi connectivity index (χ1n) is 3.92. The summed E-state index contributed by atoms with van der Waals surface area (Å²) < 4.78 is 2.93. The molecule has 0 aliphatic carbocycles. The highest BCUT2D eigenvalue weighted by Crippen LogP contribution is 2.23.